The fourth-order valence-electron chi connectivity index (χ4n) is 2.50. The first kappa shape index (κ1) is 16.8. The molecule has 112 valence electrons. The Balaban J connectivity index is 0.00000200. The molecular formula is C15H23ClN2O2. The summed E-state index contributed by atoms with van der Waals surface area (Å²) in [4.78, 5) is 12.3. The van der Waals surface area contributed by atoms with Gasteiger partial charge in [-0.1, -0.05) is 25.3 Å². The fourth-order valence-corrected chi connectivity index (χ4v) is 2.50. The molecule has 0 atom stereocenters. The predicted molar refractivity (Wildman–Crippen MR) is 83.5 cm³/mol. The molecule has 1 aliphatic rings. The SMILES string of the molecule is CCOc1cccc(NC(=O)C2(N)CCCCC2)c1.Cl. The molecular weight excluding hydrogens is 276 g/mol. The highest BCUT2D eigenvalue weighted by atomic mass is 35.5. The molecule has 1 aromatic rings. The van der Waals surface area contributed by atoms with Crippen LogP contribution in [0.5, 0.6) is 5.75 Å². The Labute approximate surface area is 126 Å². The standard InChI is InChI=1S/C15H22N2O2.ClH/c1-2-19-13-8-6-7-12(11-13)17-14(18)15(16)9-4-3-5-10-15;/h6-8,11H,2-5,9-10,16H2,1H3,(H,17,18);1H. The van der Waals surface area contributed by atoms with Crippen molar-refractivity contribution in [1.29, 1.82) is 0 Å². The monoisotopic (exact) mass is 298 g/mol. The Morgan fingerprint density at radius 1 is 1.35 bits per heavy atom. The molecule has 20 heavy (non-hydrogen) atoms. The van der Waals surface area contributed by atoms with Gasteiger partial charge >= 0.3 is 0 Å². The molecule has 2 rings (SSSR count). The fraction of sp³-hybridized carbons (Fsp3) is 0.533. The van der Waals surface area contributed by atoms with Gasteiger partial charge in [0.25, 0.3) is 0 Å². The molecule has 0 aliphatic heterocycles. The molecule has 0 saturated heterocycles. The number of benzene rings is 1. The van der Waals surface area contributed by atoms with Crippen molar-refractivity contribution in [2.75, 3.05) is 11.9 Å². The summed E-state index contributed by atoms with van der Waals surface area (Å²) in [7, 11) is 0. The largest absolute Gasteiger partial charge is 0.494 e. The summed E-state index contributed by atoms with van der Waals surface area (Å²) in [6.45, 7) is 2.54. The summed E-state index contributed by atoms with van der Waals surface area (Å²) in [5.74, 6) is 0.677. The summed E-state index contributed by atoms with van der Waals surface area (Å²) in [6.07, 6.45) is 4.77. The smallest absolute Gasteiger partial charge is 0.244 e. The minimum Gasteiger partial charge on any atom is -0.494 e. The predicted octanol–water partition coefficient (Wildman–Crippen LogP) is 3.11. The summed E-state index contributed by atoms with van der Waals surface area (Å²) in [5.41, 5.74) is 6.24. The van der Waals surface area contributed by atoms with Crippen LogP contribution in [0, 0.1) is 0 Å². The lowest BCUT2D eigenvalue weighted by molar-refractivity contribution is -0.122. The maximum atomic E-state index is 12.3. The molecule has 0 aromatic heterocycles. The number of hydrogen-bond donors (Lipinski definition) is 2. The average molecular weight is 299 g/mol. The Hall–Kier alpha value is -1.26. The molecule has 1 aliphatic carbocycles. The lowest BCUT2D eigenvalue weighted by Gasteiger charge is -2.31. The maximum absolute atomic E-state index is 12.3. The van der Waals surface area contributed by atoms with E-state index in [0.717, 1.165) is 37.1 Å². The van der Waals surface area contributed by atoms with Crippen molar-refractivity contribution in [2.45, 2.75) is 44.6 Å². The quantitative estimate of drug-likeness (QED) is 0.897. The second kappa shape index (κ2) is 7.50. The summed E-state index contributed by atoms with van der Waals surface area (Å²) < 4.78 is 5.42. The number of amides is 1. The maximum Gasteiger partial charge on any atom is 0.244 e. The molecule has 0 bridgehead atoms. The molecule has 1 saturated carbocycles. The van der Waals surface area contributed by atoms with Gasteiger partial charge in [0.15, 0.2) is 0 Å². The number of ether oxygens (including phenoxy) is 1. The number of nitrogens with two attached hydrogens (primary N) is 1. The number of halogens is 1. The first-order valence-electron chi connectivity index (χ1n) is 6.97. The third-order valence-corrected chi connectivity index (χ3v) is 3.60. The highest BCUT2D eigenvalue weighted by Gasteiger charge is 2.35. The van der Waals surface area contributed by atoms with Gasteiger partial charge in [-0.25, -0.2) is 0 Å². The van der Waals surface area contributed by atoms with Crippen LogP contribution in [0.2, 0.25) is 0 Å². The number of carbonyl (C=O) groups is 1. The van der Waals surface area contributed by atoms with E-state index in [1.807, 2.05) is 31.2 Å². The van der Waals surface area contributed by atoms with Crippen molar-refractivity contribution >= 4 is 24.0 Å². The van der Waals surface area contributed by atoms with E-state index in [-0.39, 0.29) is 18.3 Å². The Kier molecular flexibility index (Phi) is 6.30. The van der Waals surface area contributed by atoms with Crippen LogP contribution in [0.4, 0.5) is 5.69 Å². The van der Waals surface area contributed by atoms with E-state index >= 15 is 0 Å². The highest BCUT2D eigenvalue weighted by molar-refractivity contribution is 5.98. The lowest BCUT2D eigenvalue weighted by Crippen LogP contribution is -2.52. The minimum absolute atomic E-state index is 0. The zero-order valence-corrected chi connectivity index (χ0v) is 12.7. The Bertz CT molecular complexity index is 445. The van der Waals surface area contributed by atoms with Crippen molar-refractivity contribution in [2.24, 2.45) is 5.73 Å². The van der Waals surface area contributed by atoms with Gasteiger partial charge in [0, 0.05) is 11.8 Å². The number of anilines is 1. The van der Waals surface area contributed by atoms with Gasteiger partial charge in [0.1, 0.15) is 5.75 Å². The number of hydrogen-bond acceptors (Lipinski definition) is 3. The van der Waals surface area contributed by atoms with E-state index in [4.69, 9.17) is 10.5 Å². The van der Waals surface area contributed by atoms with Crippen molar-refractivity contribution in [3.05, 3.63) is 24.3 Å². The molecule has 0 heterocycles. The van der Waals surface area contributed by atoms with Crippen molar-refractivity contribution < 1.29 is 9.53 Å². The zero-order chi connectivity index (χ0) is 13.7. The van der Waals surface area contributed by atoms with E-state index in [1.165, 1.54) is 6.42 Å². The van der Waals surface area contributed by atoms with Crippen LogP contribution in [0.1, 0.15) is 39.0 Å². The normalized spacial score (nSPS) is 16.9. The second-order valence-corrected chi connectivity index (χ2v) is 5.13. The van der Waals surface area contributed by atoms with Crippen molar-refractivity contribution in [1.82, 2.24) is 0 Å². The molecule has 1 aromatic carbocycles. The third kappa shape index (κ3) is 4.12. The Morgan fingerprint density at radius 3 is 2.70 bits per heavy atom. The van der Waals surface area contributed by atoms with Gasteiger partial charge in [0.2, 0.25) is 5.91 Å². The molecule has 4 nitrogen and oxygen atoms in total. The third-order valence-electron chi connectivity index (χ3n) is 3.60. The van der Waals surface area contributed by atoms with Crippen LogP contribution < -0.4 is 15.8 Å². The number of carbonyl (C=O) groups excluding carboxylic acids is 1. The van der Waals surface area contributed by atoms with Gasteiger partial charge in [-0.15, -0.1) is 12.4 Å². The molecule has 0 unspecified atom stereocenters. The topological polar surface area (TPSA) is 64.3 Å². The lowest BCUT2D eigenvalue weighted by atomic mass is 9.82. The van der Waals surface area contributed by atoms with Gasteiger partial charge < -0.3 is 15.8 Å². The Morgan fingerprint density at radius 2 is 2.05 bits per heavy atom. The van der Waals surface area contributed by atoms with Gasteiger partial charge in [-0.3, -0.25) is 4.79 Å². The average Bonchev–Trinajstić information content (AvgIpc) is 2.40. The molecule has 0 radical (unpaired) electrons. The number of nitrogens with one attached hydrogen (secondary N) is 1. The van der Waals surface area contributed by atoms with Crippen LogP contribution in [0.3, 0.4) is 0 Å². The van der Waals surface area contributed by atoms with E-state index in [9.17, 15) is 4.79 Å². The zero-order valence-electron chi connectivity index (χ0n) is 11.9. The van der Waals surface area contributed by atoms with E-state index < -0.39 is 5.54 Å². The van der Waals surface area contributed by atoms with E-state index in [2.05, 4.69) is 5.32 Å². The van der Waals surface area contributed by atoms with Gasteiger partial charge in [0.05, 0.1) is 12.1 Å². The van der Waals surface area contributed by atoms with Crippen LogP contribution in [0.15, 0.2) is 24.3 Å². The molecule has 1 fully saturated rings. The van der Waals surface area contributed by atoms with E-state index in [0.29, 0.717) is 6.61 Å². The van der Waals surface area contributed by atoms with Crippen molar-refractivity contribution in [3.63, 3.8) is 0 Å². The van der Waals surface area contributed by atoms with E-state index in [1.54, 1.807) is 0 Å². The molecule has 3 N–H and O–H groups in total. The summed E-state index contributed by atoms with van der Waals surface area (Å²) >= 11 is 0. The highest BCUT2D eigenvalue weighted by Crippen LogP contribution is 2.27. The second-order valence-electron chi connectivity index (χ2n) is 5.13. The molecule has 0 spiro atoms. The summed E-state index contributed by atoms with van der Waals surface area (Å²) in [5, 5.41) is 2.91. The van der Waals surface area contributed by atoms with Gasteiger partial charge in [-0.2, -0.15) is 0 Å². The number of rotatable bonds is 4. The first-order chi connectivity index (χ1) is 9.14. The van der Waals surface area contributed by atoms with Crippen LogP contribution >= 0.6 is 12.4 Å². The van der Waals surface area contributed by atoms with Crippen LogP contribution in [-0.4, -0.2) is 18.1 Å². The van der Waals surface area contributed by atoms with Crippen molar-refractivity contribution in [3.8, 4) is 5.75 Å². The van der Waals surface area contributed by atoms with Crippen LogP contribution in [0.25, 0.3) is 0 Å². The van der Waals surface area contributed by atoms with Gasteiger partial charge in [-0.05, 0) is 31.9 Å². The minimum atomic E-state index is -0.708. The first-order valence-corrected chi connectivity index (χ1v) is 6.97. The summed E-state index contributed by atoms with van der Waals surface area (Å²) in [6, 6.07) is 7.42. The van der Waals surface area contributed by atoms with Crippen LogP contribution in [-0.2, 0) is 4.79 Å². The molecule has 5 heteroatoms. The molecule has 1 amide bonds.